The Morgan fingerprint density at radius 1 is 0.842 bits per heavy atom. The van der Waals surface area contributed by atoms with Gasteiger partial charge in [0.25, 0.3) is 0 Å². The van der Waals surface area contributed by atoms with Crippen LogP contribution < -0.4 is 11.1 Å². The summed E-state index contributed by atoms with van der Waals surface area (Å²) in [5.41, 5.74) is 5.69. The number of hydrogen-bond acceptors (Lipinski definition) is 2. The summed E-state index contributed by atoms with van der Waals surface area (Å²) >= 11 is 0. The molecule has 1 atom stereocenters. The van der Waals surface area contributed by atoms with Gasteiger partial charge in [-0.1, -0.05) is 41.5 Å². The number of nitrogens with two attached hydrogens (primary N) is 1. The van der Waals surface area contributed by atoms with Crippen LogP contribution in [0.1, 0.15) is 60.8 Å². The van der Waals surface area contributed by atoms with Gasteiger partial charge in [-0.15, -0.1) is 0 Å². The van der Waals surface area contributed by atoms with E-state index < -0.39 is 0 Å². The van der Waals surface area contributed by atoms with E-state index in [9.17, 15) is 0 Å². The van der Waals surface area contributed by atoms with E-state index >= 15 is 0 Å². The lowest BCUT2D eigenvalue weighted by Crippen LogP contribution is -2.30. The van der Waals surface area contributed by atoms with Gasteiger partial charge in [0, 0.05) is 0 Å². The normalized spacial score (nSPS) is 14.1. The lowest BCUT2D eigenvalue weighted by atomic mass is 9.85. The summed E-state index contributed by atoms with van der Waals surface area (Å²) in [7, 11) is 0. The van der Waals surface area contributed by atoms with Crippen LogP contribution in [0.5, 0.6) is 0 Å². The predicted octanol–water partition coefficient (Wildman–Crippen LogP) is 3.91. The third-order valence-electron chi connectivity index (χ3n) is 4.50. The molecular formula is C17H38N2. The molecule has 19 heavy (non-hydrogen) atoms. The van der Waals surface area contributed by atoms with Crippen LogP contribution in [0.4, 0.5) is 0 Å². The zero-order valence-electron chi connectivity index (χ0n) is 14.2. The van der Waals surface area contributed by atoms with Gasteiger partial charge < -0.3 is 11.1 Å². The van der Waals surface area contributed by atoms with Gasteiger partial charge in [0.1, 0.15) is 0 Å². The maximum Gasteiger partial charge on any atom is -0.00156 e. The van der Waals surface area contributed by atoms with Crippen LogP contribution in [0, 0.1) is 29.6 Å². The average molecular weight is 271 g/mol. The van der Waals surface area contributed by atoms with E-state index in [1.165, 1.54) is 25.8 Å². The first-order valence-corrected chi connectivity index (χ1v) is 8.30. The summed E-state index contributed by atoms with van der Waals surface area (Å²) in [5.74, 6) is 3.91. The smallest absolute Gasteiger partial charge is 0.00156 e. The monoisotopic (exact) mass is 270 g/mol. The summed E-state index contributed by atoms with van der Waals surface area (Å²) in [6.45, 7) is 17.1. The average Bonchev–Trinajstić information content (AvgIpc) is 2.30. The first kappa shape index (κ1) is 18.9. The molecule has 0 saturated heterocycles. The zero-order chi connectivity index (χ0) is 14.8. The molecule has 0 aliphatic heterocycles. The van der Waals surface area contributed by atoms with E-state index in [0.29, 0.717) is 0 Å². The molecule has 0 aromatic rings. The van der Waals surface area contributed by atoms with Crippen LogP contribution in [0.2, 0.25) is 0 Å². The van der Waals surface area contributed by atoms with E-state index in [2.05, 4.69) is 46.9 Å². The molecule has 0 aliphatic rings. The predicted molar refractivity (Wildman–Crippen MR) is 87.3 cm³/mol. The molecule has 0 aromatic heterocycles. The van der Waals surface area contributed by atoms with Crippen molar-refractivity contribution in [2.45, 2.75) is 60.8 Å². The van der Waals surface area contributed by atoms with Crippen molar-refractivity contribution >= 4 is 0 Å². The molecule has 0 spiro atoms. The Morgan fingerprint density at radius 3 is 1.84 bits per heavy atom. The molecule has 2 nitrogen and oxygen atoms in total. The lowest BCUT2D eigenvalue weighted by molar-refractivity contribution is 0.272. The van der Waals surface area contributed by atoms with Crippen molar-refractivity contribution in [1.29, 1.82) is 0 Å². The van der Waals surface area contributed by atoms with E-state index in [1.54, 1.807) is 0 Å². The Hall–Kier alpha value is -0.0800. The highest BCUT2D eigenvalue weighted by Gasteiger charge is 2.17. The minimum atomic E-state index is 0.766. The van der Waals surface area contributed by atoms with Crippen molar-refractivity contribution in [2.75, 3.05) is 19.6 Å². The zero-order valence-corrected chi connectivity index (χ0v) is 14.2. The second-order valence-electron chi connectivity index (χ2n) is 7.08. The standard InChI is InChI=1S/C17H38N2/c1-13(2)16(9-10-18)8-7-11-19-12-17(14(3)4)15(5)6/h13-17,19H,7-12,18H2,1-6H3. The maximum atomic E-state index is 5.69. The minimum Gasteiger partial charge on any atom is -0.330 e. The molecule has 0 saturated carbocycles. The molecule has 0 radical (unpaired) electrons. The minimum absolute atomic E-state index is 0.766. The van der Waals surface area contributed by atoms with E-state index in [4.69, 9.17) is 5.73 Å². The van der Waals surface area contributed by atoms with Crippen molar-refractivity contribution < 1.29 is 0 Å². The first-order chi connectivity index (χ1) is 8.90. The SMILES string of the molecule is CC(C)C(CCN)CCCNCC(C(C)C)C(C)C. The van der Waals surface area contributed by atoms with Gasteiger partial charge in [0.15, 0.2) is 0 Å². The van der Waals surface area contributed by atoms with Crippen molar-refractivity contribution in [2.24, 2.45) is 35.3 Å². The third-order valence-corrected chi connectivity index (χ3v) is 4.50. The molecule has 1 unspecified atom stereocenters. The summed E-state index contributed by atoms with van der Waals surface area (Å²) in [6, 6.07) is 0. The maximum absolute atomic E-state index is 5.69. The van der Waals surface area contributed by atoms with Crippen LogP contribution in [-0.4, -0.2) is 19.6 Å². The highest BCUT2D eigenvalue weighted by Crippen LogP contribution is 2.21. The number of rotatable bonds is 11. The fraction of sp³-hybridized carbons (Fsp3) is 1.00. The van der Waals surface area contributed by atoms with Gasteiger partial charge in [-0.2, -0.15) is 0 Å². The van der Waals surface area contributed by atoms with Gasteiger partial charge in [0.05, 0.1) is 0 Å². The van der Waals surface area contributed by atoms with E-state index in [0.717, 1.165) is 42.7 Å². The van der Waals surface area contributed by atoms with Gasteiger partial charge in [-0.3, -0.25) is 0 Å². The van der Waals surface area contributed by atoms with Gasteiger partial charge >= 0.3 is 0 Å². The highest BCUT2D eigenvalue weighted by atomic mass is 14.9. The molecule has 3 N–H and O–H groups in total. The number of nitrogens with one attached hydrogen (secondary N) is 1. The van der Waals surface area contributed by atoms with Crippen LogP contribution in [0.25, 0.3) is 0 Å². The summed E-state index contributed by atoms with van der Waals surface area (Å²) in [6.07, 6.45) is 3.78. The molecular weight excluding hydrogens is 232 g/mol. The van der Waals surface area contributed by atoms with Crippen LogP contribution in [-0.2, 0) is 0 Å². The Kier molecular flexibility index (Phi) is 10.6. The Labute approximate surface area is 121 Å². The molecule has 0 aliphatic carbocycles. The summed E-state index contributed by atoms with van der Waals surface area (Å²) < 4.78 is 0. The van der Waals surface area contributed by atoms with E-state index in [-0.39, 0.29) is 0 Å². The molecule has 116 valence electrons. The van der Waals surface area contributed by atoms with Crippen LogP contribution in [0.15, 0.2) is 0 Å². The molecule has 0 amide bonds. The summed E-state index contributed by atoms with van der Waals surface area (Å²) in [5, 5.41) is 3.65. The number of hydrogen-bond donors (Lipinski definition) is 2. The molecule has 2 heteroatoms. The second kappa shape index (κ2) is 10.7. The van der Waals surface area contributed by atoms with Crippen molar-refractivity contribution in [1.82, 2.24) is 5.32 Å². The van der Waals surface area contributed by atoms with Gasteiger partial charge in [-0.25, -0.2) is 0 Å². The molecule has 0 aromatic carbocycles. The highest BCUT2D eigenvalue weighted by molar-refractivity contribution is 4.70. The van der Waals surface area contributed by atoms with Crippen molar-refractivity contribution in [3.8, 4) is 0 Å². The Bertz CT molecular complexity index is 191. The second-order valence-corrected chi connectivity index (χ2v) is 7.08. The molecule has 0 fully saturated rings. The quantitative estimate of drug-likeness (QED) is 0.559. The van der Waals surface area contributed by atoms with E-state index in [1.807, 2.05) is 0 Å². The van der Waals surface area contributed by atoms with Gasteiger partial charge in [-0.05, 0) is 68.5 Å². The summed E-state index contributed by atoms with van der Waals surface area (Å²) in [4.78, 5) is 0. The lowest BCUT2D eigenvalue weighted by Gasteiger charge is -2.25. The first-order valence-electron chi connectivity index (χ1n) is 8.30. The van der Waals surface area contributed by atoms with Crippen LogP contribution >= 0.6 is 0 Å². The Balaban J connectivity index is 3.78. The molecule has 0 rings (SSSR count). The van der Waals surface area contributed by atoms with Gasteiger partial charge in [0.2, 0.25) is 0 Å². The largest absolute Gasteiger partial charge is 0.330 e. The van der Waals surface area contributed by atoms with Crippen molar-refractivity contribution in [3.63, 3.8) is 0 Å². The fourth-order valence-corrected chi connectivity index (χ4v) is 3.02. The molecule has 0 heterocycles. The molecule has 0 bridgehead atoms. The third kappa shape index (κ3) is 8.65. The Morgan fingerprint density at radius 2 is 1.42 bits per heavy atom. The van der Waals surface area contributed by atoms with Crippen LogP contribution in [0.3, 0.4) is 0 Å². The van der Waals surface area contributed by atoms with Crippen molar-refractivity contribution in [3.05, 3.63) is 0 Å². The topological polar surface area (TPSA) is 38.0 Å². The fourth-order valence-electron chi connectivity index (χ4n) is 3.02.